The van der Waals surface area contributed by atoms with Crippen LogP contribution in [0.3, 0.4) is 0 Å². The van der Waals surface area contributed by atoms with Gasteiger partial charge < -0.3 is 14.7 Å². The molecule has 1 aromatic carbocycles. The van der Waals surface area contributed by atoms with Crippen LogP contribution in [-0.2, 0) is 11.0 Å². The Morgan fingerprint density at radius 3 is 2.31 bits per heavy atom. The summed E-state index contributed by atoms with van der Waals surface area (Å²) in [5.41, 5.74) is -3.03. The molecule has 0 saturated carbocycles. The summed E-state index contributed by atoms with van der Waals surface area (Å²) in [6, 6.07) is 3.62. The summed E-state index contributed by atoms with van der Waals surface area (Å²) in [5, 5.41) is 11.6. The molecular weight excluding hydrogens is 593 g/mol. The van der Waals surface area contributed by atoms with Gasteiger partial charge in [-0.3, -0.25) is 29.2 Å². The van der Waals surface area contributed by atoms with Crippen molar-refractivity contribution in [3.8, 4) is 5.69 Å². The zero-order valence-electron chi connectivity index (χ0n) is 25.6. The fourth-order valence-electron chi connectivity index (χ4n) is 6.20. The topological polar surface area (TPSA) is 121 Å². The summed E-state index contributed by atoms with van der Waals surface area (Å²) in [6.07, 6.45) is -3.80. The molecule has 1 amide bonds. The molecule has 0 atom stereocenters. The van der Waals surface area contributed by atoms with E-state index >= 15 is 0 Å². The first kappa shape index (κ1) is 31.9. The van der Waals surface area contributed by atoms with Crippen LogP contribution in [0.15, 0.2) is 35.6 Å². The highest BCUT2D eigenvalue weighted by Crippen LogP contribution is 2.37. The number of anilines is 2. The molecule has 12 nitrogen and oxygen atoms in total. The molecule has 240 valence electrons. The van der Waals surface area contributed by atoms with Crippen molar-refractivity contribution in [3.05, 3.63) is 68.1 Å². The predicted molar refractivity (Wildman–Crippen MR) is 164 cm³/mol. The van der Waals surface area contributed by atoms with Crippen molar-refractivity contribution in [2.24, 2.45) is 0 Å². The highest BCUT2D eigenvalue weighted by molar-refractivity contribution is 5.91. The molecule has 0 spiro atoms. The molecule has 15 heteroatoms. The number of nitro groups is 1. The number of pyridine rings is 1. The minimum absolute atomic E-state index is 0.0748. The number of piperazine rings is 1. The van der Waals surface area contributed by atoms with Crippen molar-refractivity contribution in [1.82, 2.24) is 24.3 Å². The molecule has 2 saturated heterocycles. The van der Waals surface area contributed by atoms with Gasteiger partial charge in [0.1, 0.15) is 17.0 Å². The average molecular weight is 629 g/mol. The van der Waals surface area contributed by atoms with Crippen molar-refractivity contribution in [2.45, 2.75) is 39.9 Å². The Bertz CT molecular complexity index is 1720. The molecule has 4 heterocycles. The molecule has 2 aromatic heterocycles. The van der Waals surface area contributed by atoms with E-state index < -0.39 is 28.0 Å². The number of hydrogen-bond acceptors (Lipinski definition) is 9. The second kappa shape index (κ2) is 12.1. The van der Waals surface area contributed by atoms with Gasteiger partial charge in [-0.25, -0.2) is 4.98 Å². The summed E-state index contributed by atoms with van der Waals surface area (Å²) >= 11 is 0. The summed E-state index contributed by atoms with van der Waals surface area (Å²) in [5.74, 6) is 0.117. The van der Waals surface area contributed by atoms with Crippen molar-refractivity contribution in [1.29, 1.82) is 0 Å². The molecule has 0 radical (unpaired) electrons. The maximum absolute atomic E-state index is 14.8. The van der Waals surface area contributed by atoms with Crippen molar-refractivity contribution >= 4 is 34.3 Å². The molecule has 0 unspecified atom stereocenters. The quantitative estimate of drug-likeness (QED) is 0.209. The lowest BCUT2D eigenvalue weighted by Gasteiger charge is -2.45. The number of nitrogens with zero attached hydrogens (tertiary/aromatic N) is 8. The van der Waals surface area contributed by atoms with E-state index in [0.29, 0.717) is 17.7 Å². The number of fused-ring (bicyclic) bond motifs is 1. The summed E-state index contributed by atoms with van der Waals surface area (Å²) in [7, 11) is 0. The molecule has 0 bridgehead atoms. The molecule has 5 rings (SSSR count). The van der Waals surface area contributed by atoms with Gasteiger partial charge in [0.15, 0.2) is 0 Å². The third kappa shape index (κ3) is 5.72. The van der Waals surface area contributed by atoms with Gasteiger partial charge in [0.25, 0.3) is 11.2 Å². The molecule has 2 fully saturated rings. The number of benzene rings is 1. The molecule has 2 aliphatic rings. The van der Waals surface area contributed by atoms with Crippen LogP contribution in [0.25, 0.3) is 16.6 Å². The number of amides is 1. The van der Waals surface area contributed by atoms with Gasteiger partial charge in [-0.05, 0) is 44.6 Å². The number of likely N-dealkylation sites (N-methyl/N-ethyl adjacent to an activating group) is 1. The number of carbonyl (C=O) groups is 1. The Hall–Kier alpha value is -4.53. The maximum atomic E-state index is 14.8. The van der Waals surface area contributed by atoms with Crippen LogP contribution in [0.4, 0.5) is 30.6 Å². The largest absolute Gasteiger partial charge is 0.431 e. The Balaban J connectivity index is 1.74. The highest BCUT2D eigenvalue weighted by atomic mass is 19.4. The van der Waals surface area contributed by atoms with Crippen molar-refractivity contribution < 1.29 is 22.9 Å². The third-order valence-electron chi connectivity index (χ3n) is 8.70. The number of rotatable bonds is 8. The summed E-state index contributed by atoms with van der Waals surface area (Å²) in [6.45, 7) is 14.4. The summed E-state index contributed by atoms with van der Waals surface area (Å²) < 4.78 is 44.8. The van der Waals surface area contributed by atoms with Gasteiger partial charge in [-0.1, -0.05) is 26.5 Å². The fourth-order valence-corrected chi connectivity index (χ4v) is 6.20. The first-order valence-corrected chi connectivity index (χ1v) is 14.8. The smallest absolute Gasteiger partial charge is 0.352 e. The van der Waals surface area contributed by atoms with Crippen LogP contribution in [-0.4, -0.2) is 93.6 Å². The number of aromatic nitrogens is 3. The monoisotopic (exact) mass is 628 g/mol. The Labute approximate surface area is 257 Å². The number of alkyl halides is 3. The number of halogens is 3. The van der Waals surface area contributed by atoms with E-state index in [1.54, 1.807) is 9.80 Å². The third-order valence-corrected chi connectivity index (χ3v) is 8.70. The van der Waals surface area contributed by atoms with E-state index in [1.807, 2.05) is 4.90 Å². The molecular formula is C30H35F3N8O4. The predicted octanol–water partition coefficient (Wildman–Crippen LogP) is 3.69. The standard InChI is InChI=1S/C30H35F3N8O4/c1-6-24(42)37-11-13-38(14-12-37)27-21-15-23(30(31,32)33)40(26-18(4)9-10-22(19(26)5)41(44)45)28(43)25(21)34-29(35-27)39-16-20(17-39)36(7-2)8-3/h6,9-10,15,20H,1,7-8,11-14,16-17H2,2-5H3. The Kier molecular flexibility index (Phi) is 8.58. The van der Waals surface area contributed by atoms with Crippen LogP contribution < -0.4 is 15.4 Å². The molecule has 2 aliphatic heterocycles. The second-order valence-corrected chi connectivity index (χ2v) is 11.2. The van der Waals surface area contributed by atoms with E-state index in [9.17, 15) is 32.9 Å². The van der Waals surface area contributed by atoms with Gasteiger partial charge >= 0.3 is 6.18 Å². The molecule has 45 heavy (non-hydrogen) atoms. The minimum Gasteiger partial charge on any atom is -0.352 e. The van der Waals surface area contributed by atoms with E-state index in [4.69, 9.17) is 4.98 Å². The van der Waals surface area contributed by atoms with Gasteiger partial charge in [-0.15, -0.1) is 0 Å². The lowest BCUT2D eigenvalue weighted by atomic mass is 10.0. The van der Waals surface area contributed by atoms with Crippen molar-refractivity contribution in [3.63, 3.8) is 0 Å². The first-order valence-electron chi connectivity index (χ1n) is 14.8. The normalized spacial score (nSPS) is 16.0. The first-order chi connectivity index (χ1) is 21.3. The molecule has 3 aromatic rings. The zero-order chi connectivity index (χ0) is 32.8. The van der Waals surface area contributed by atoms with Gasteiger partial charge in [0.2, 0.25) is 11.9 Å². The van der Waals surface area contributed by atoms with E-state index in [2.05, 4.69) is 30.3 Å². The van der Waals surface area contributed by atoms with Crippen LogP contribution in [0.5, 0.6) is 0 Å². The average Bonchev–Trinajstić information content (AvgIpc) is 2.98. The lowest BCUT2D eigenvalue weighted by molar-refractivity contribution is -0.385. The van der Waals surface area contributed by atoms with Gasteiger partial charge in [0.05, 0.1) is 21.6 Å². The number of carbonyl (C=O) groups excluding carboxylic acids is 1. The molecule has 0 N–H and O–H groups in total. The fraction of sp³-hybridized carbons (Fsp3) is 0.467. The SMILES string of the molecule is C=CC(=O)N1CCN(c2nc(N3CC(N(CC)CC)C3)nc3c(=O)n(-c4c(C)ccc([N+](=O)[O-])c4C)c(C(F)(F)F)cc23)CC1. The van der Waals surface area contributed by atoms with Crippen molar-refractivity contribution in [2.75, 3.05) is 62.2 Å². The van der Waals surface area contributed by atoms with E-state index in [1.165, 1.54) is 32.1 Å². The van der Waals surface area contributed by atoms with E-state index in [-0.39, 0.29) is 77.6 Å². The number of hydrogen-bond donors (Lipinski definition) is 0. The number of nitro benzene ring substituents is 1. The Morgan fingerprint density at radius 2 is 1.76 bits per heavy atom. The van der Waals surface area contributed by atoms with Crippen LogP contribution in [0.1, 0.15) is 30.7 Å². The van der Waals surface area contributed by atoms with Gasteiger partial charge in [0, 0.05) is 51.4 Å². The zero-order valence-corrected chi connectivity index (χ0v) is 25.6. The minimum atomic E-state index is -5.00. The number of aryl methyl sites for hydroxylation is 1. The van der Waals surface area contributed by atoms with Crippen LogP contribution in [0, 0.1) is 24.0 Å². The Morgan fingerprint density at radius 1 is 1.11 bits per heavy atom. The van der Waals surface area contributed by atoms with Gasteiger partial charge in [-0.2, -0.15) is 18.2 Å². The lowest BCUT2D eigenvalue weighted by Crippen LogP contribution is -2.60. The maximum Gasteiger partial charge on any atom is 0.431 e. The summed E-state index contributed by atoms with van der Waals surface area (Å²) in [4.78, 5) is 54.2. The molecule has 0 aliphatic carbocycles. The second-order valence-electron chi connectivity index (χ2n) is 11.2. The van der Waals surface area contributed by atoms with Crippen LogP contribution >= 0.6 is 0 Å². The highest BCUT2D eigenvalue weighted by Gasteiger charge is 2.39. The van der Waals surface area contributed by atoms with Crippen LogP contribution in [0.2, 0.25) is 0 Å². The van der Waals surface area contributed by atoms with E-state index in [0.717, 1.165) is 19.2 Å².